The van der Waals surface area contributed by atoms with Crippen LogP contribution in [0, 0.1) is 13.8 Å². The minimum atomic E-state index is -1.19. The number of amides is 1. The number of carboxylic acids is 1. The molecule has 0 unspecified atom stereocenters. The highest BCUT2D eigenvalue weighted by Crippen LogP contribution is 2.15. The lowest BCUT2D eigenvalue weighted by molar-refractivity contribution is 0.0692. The van der Waals surface area contributed by atoms with Crippen LogP contribution in [0.5, 0.6) is 0 Å². The highest BCUT2D eigenvalue weighted by Gasteiger charge is 2.16. The molecule has 2 aromatic rings. The van der Waals surface area contributed by atoms with Gasteiger partial charge in [0.15, 0.2) is 5.69 Å². The molecule has 6 nitrogen and oxygen atoms in total. The lowest BCUT2D eigenvalue weighted by Crippen LogP contribution is -2.17. The standard InChI is InChI=1S/C14H13N3O3/c1-8-5-6-10(9(2)16-8)13(18)17-11-4-3-7-15-12(11)14(19)20/h3-7H,1-2H3,(H,17,18)(H,19,20). The van der Waals surface area contributed by atoms with Gasteiger partial charge in [-0.2, -0.15) is 0 Å². The van der Waals surface area contributed by atoms with Gasteiger partial charge in [-0.1, -0.05) is 0 Å². The van der Waals surface area contributed by atoms with Gasteiger partial charge in [0, 0.05) is 11.9 Å². The number of rotatable bonds is 3. The molecular formula is C14H13N3O3. The van der Waals surface area contributed by atoms with Crippen LogP contribution in [0.15, 0.2) is 30.5 Å². The molecule has 0 saturated heterocycles. The van der Waals surface area contributed by atoms with Crippen LogP contribution in [0.2, 0.25) is 0 Å². The van der Waals surface area contributed by atoms with Crippen molar-refractivity contribution in [2.75, 3.05) is 5.32 Å². The SMILES string of the molecule is Cc1ccc(C(=O)Nc2cccnc2C(=O)O)c(C)n1. The zero-order chi connectivity index (χ0) is 14.7. The summed E-state index contributed by atoms with van der Waals surface area (Å²) in [7, 11) is 0. The van der Waals surface area contributed by atoms with Crippen LogP contribution in [0.25, 0.3) is 0 Å². The Morgan fingerprint density at radius 1 is 1.20 bits per heavy atom. The second-order valence-corrected chi connectivity index (χ2v) is 4.24. The first-order chi connectivity index (χ1) is 9.49. The quantitative estimate of drug-likeness (QED) is 0.891. The number of aromatic nitrogens is 2. The molecule has 2 heterocycles. The number of anilines is 1. The molecule has 0 atom stereocenters. The molecule has 2 aromatic heterocycles. The van der Waals surface area contributed by atoms with Gasteiger partial charge in [0.25, 0.3) is 5.91 Å². The number of carboxylic acid groups (broad SMARTS) is 1. The molecule has 2 rings (SSSR count). The molecule has 6 heteroatoms. The minimum absolute atomic E-state index is 0.157. The van der Waals surface area contributed by atoms with Crippen molar-refractivity contribution in [2.24, 2.45) is 0 Å². The third-order valence-electron chi connectivity index (χ3n) is 2.73. The van der Waals surface area contributed by atoms with E-state index in [0.717, 1.165) is 5.69 Å². The summed E-state index contributed by atoms with van der Waals surface area (Å²) in [5.74, 6) is -1.61. The summed E-state index contributed by atoms with van der Waals surface area (Å²) in [5.41, 5.74) is 1.76. The topological polar surface area (TPSA) is 92.2 Å². The van der Waals surface area contributed by atoms with E-state index >= 15 is 0 Å². The zero-order valence-corrected chi connectivity index (χ0v) is 11.0. The predicted octanol–water partition coefficient (Wildman–Crippen LogP) is 2.04. The summed E-state index contributed by atoms with van der Waals surface area (Å²) in [6, 6.07) is 6.43. The average molecular weight is 271 g/mol. The number of nitrogens with zero attached hydrogens (tertiary/aromatic N) is 2. The normalized spacial score (nSPS) is 10.1. The van der Waals surface area contributed by atoms with Crippen LogP contribution in [0.4, 0.5) is 5.69 Å². The fraction of sp³-hybridized carbons (Fsp3) is 0.143. The molecule has 20 heavy (non-hydrogen) atoms. The number of carbonyl (C=O) groups excluding carboxylic acids is 1. The van der Waals surface area contributed by atoms with Gasteiger partial charge < -0.3 is 10.4 Å². The van der Waals surface area contributed by atoms with Crippen molar-refractivity contribution in [1.29, 1.82) is 0 Å². The van der Waals surface area contributed by atoms with Crippen molar-refractivity contribution >= 4 is 17.6 Å². The smallest absolute Gasteiger partial charge is 0.356 e. The Bertz CT molecular complexity index is 683. The maximum Gasteiger partial charge on any atom is 0.356 e. The molecule has 0 fully saturated rings. The van der Waals surface area contributed by atoms with Gasteiger partial charge in [-0.3, -0.25) is 9.78 Å². The molecule has 0 aliphatic heterocycles. The lowest BCUT2D eigenvalue weighted by Gasteiger charge is -2.09. The molecule has 2 N–H and O–H groups in total. The van der Waals surface area contributed by atoms with E-state index in [9.17, 15) is 9.59 Å². The Morgan fingerprint density at radius 2 is 1.95 bits per heavy atom. The lowest BCUT2D eigenvalue weighted by atomic mass is 10.1. The Labute approximate surface area is 115 Å². The van der Waals surface area contributed by atoms with Crippen LogP contribution in [-0.4, -0.2) is 27.0 Å². The van der Waals surface area contributed by atoms with E-state index < -0.39 is 11.9 Å². The minimum Gasteiger partial charge on any atom is -0.476 e. The highest BCUT2D eigenvalue weighted by molar-refractivity contribution is 6.07. The van der Waals surface area contributed by atoms with Crippen molar-refractivity contribution in [1.82, 2.24) is 9.97 Å². The molecule has 0 radical (unpaired) electrons. The van der Waals surface area contributed by atoms with Crippen LogP contribution in [-0.2, 0) is 0 Å². The van der Waals surface area contributed by atoms with E-state index in [1.54, 1.807) is 25.1 Å². The van der Waals surface area contributed by atoms with E-state index in [1.807, 2.05) is 6.92 Å². The van der Waals surface area contributed by atoms with Crippen molar-refractivity contribution in [3.05, 3.63) is 53.1 Å². The van der Waals surface area contributed by atoms with Gasteiger partial charge in [0.05, 0.1) is 16.9 Å². The Balaban J connectivity index is 2.30. The predicted molar refractivity (Wildman–Crippen MR) is 72.9 cm³/mol. The third-order valence-corrected chi connectivity index (χ3v) is 2.73. The fourth-order valence-corrected chi connectivity index (χ4v) is 1.79. The number of aryl methyl sites for hydroxylation is 2. The first-order valence-corrected chi connectivity index (χ1v) is 5.93. The first-order valence-electron chi connectivity index (χ1n) is 5.93. The van der Waals surface area contributed by atoms with Crippen LogP contribution >= 0.6 is 0 Å². The van der Waals surface area contributed by atoms with Gasteiger partial charge >= 0.3 is 5.97 Å². The molecule has 0 aliphatic rings. The number of aromatic carboxylic acids is 1. The van der Waals surface area contributed by atoms with Crippen molar-refractivity contribution in [2.45, 2.75) is 13.8 Å². The molecule has 0 spiro atoms. The third kappa shape index (κ3) is 2.80. The number of carbonyl (C=O) groups is 2. The van der Waals surface area contributed by atoms with Crippen LogP contribution < -0.4 is 5.32 Å². The summed E-state index contributed by atoms with van der Waals surface area (Å²) in [5, 5.41) is 11.6. The number of hydrogen-bond acceptors (Lipinski definition) is 4. The molecule has 0 bridgehead atoms. The molecule has 0 aromatic carbocycles. The summed E-state index contributed by atoms with van der Waals surface area (Å²) in [6.07, 6.45) is 1.36. The van der Waals surface area contributed by atoms with Gasteiger partial charge in [-0.05, 0) is 38.1 Å². The molecule has 0 aliphatic carbocycles. The van der Waals surface area contributed by atoms with Crippen molar-refractivity contribution in [3.8, 4) is 0 Å². The van der Waals surface area contributed by atoms with Gasteiger partial charge in [0.1, 0.15) is 0 Å². The van der Waals surface area contributed by atoms with Crippen molar-refractivity contribution in [3.63, 3.8) is 0 Å². The summed E-state index contributed by atoms with van der Waals surface area (Å²) in [6.45, 7) is 3.56. The van der Waals surface area contributed by atoms with E-state index in [1.165, 1.54) is 12.3 Å². The molecular weight excluding hydrogens is 258 g/mol. The fourth-order valence-electron chi connectivity index (χ4n) is 1.79. The van der Waals surface area contributed by atoms with E-state index in [4.69, 9.17) is 5.11 Å². The monoisotopic (exact) mass is 271 g/mol. The number of nitrogens with one attached hydrogen (secondary N) is 1. The summed E-state index contributed by atoms with van der Waals surface area (Å²) < 4.78 is 0. The first kappa shape index (κ1) is 13.7. The number of hydrogen-bond donors (Lipinski definition) is 2. The van der Waals surface area contributed by atoms with Gasteiger partial charge in [0.2, 0.25) is 0 Å². The highest BCUT2D eigenvalue weighted by atomic mass is 16.4. The Kier molecular flexibility index (Phi) is 3.74. The Hall–Kier alpha value is -2.76. The van der Waals surface area contributed by atoms with Gasteiger partial charge in [-0.25, -0.2) is 9.78 Å². The second kappa shape index (κ2) is 5.48. The van der Waals surface area contributed by atoms with E-state index in [2.05, 4.69) is 15.3 Å². The molecule has 1 amide bonds. The van der Waals surface area contributed by atoms with Crippen molar-refractivity contribution < 1.29 is 14.7 Å². The molecule has 0 saturated carbocycles. The molecule has 102 valence electrons. The number of pyridine rings is 2. The second-order valence-electron chi connectivity index (χ2n) is 4.24. The Morgan fingerprint density at radius 3 is 2.60 bits per heavy atom. The van der Waals surface area contributed by atoms with E-state index in [0.29, 0.717) is 11.3 Å². The van der Waals surface area contributed by atoms with Crippen LogP contribution in [0.1, 0.15) is 32.2 Å². The maximum atomic E-state index is 12.1. The van der Waals surface area contributed by atoms with Gasteiger partial charge in [-0.15, -0.1) is 0 Å². The largest absolute Gasteiger partial charge is 0.476 e. The van der Waals surface area contributed by atoms with E-state index in [-0.39, 0.29) is 11.4 Å². The zero-order valence-electron chi connectivity index (χ0n) is 11.0. The van der Waals surface area contributed by atoms with Crippen LogP contribution in [0.3, 0.4) is 0 Å². The summed E-state index contributed by atoms with van der Waals surface area (Å²) >= 11 is 0. The summed E-state index contributed by atoms with van der Waals surface area (Å²) in [4.78, 5) is 31.1. The maximum absolute atomic E-state index is 12.1. The average Bonchev–Trinajstić information content (AvgIpc) is 2.38.